The monoisotopic (exact) mass is 256 g/mol. The van der Waals surface area contributed by atoms with Gasteiger partial charge in [0, 0.05) is 23.2 Å². The Morgan fingerprint density at radius 3 is 2.71 bits per heavy atom. The molecular formula is C13H18ClFN2. The lowest BCUT2D eigenvalue weighted by Gasteiger charge is -2.31. The van der Waals surface area contributed by atoms with Crippen molar-refractivity contribution in [2.75, 3.05) is 20.1 Å². The first-order valence-electron chi connectivity index (χ1n) is 6.03. The van der Waals surface area contributed by atoms with Crippen LogP contribution in [0.25, 0.3) is 0 Å². The Morgan fingerprint density at radius 1 is 1.41 bits per heavy atom. The molecule has 0 bridgehead atoms. The van der Waals surface area contributed by atoms with Gasteiger partial charge in [0.2, 0.25) is 0 Å². The number of halogens is 2. The summed E-state index contributed by atoms with van der Waals surface area (Å²) in [6, 6.07) is 5.47. The minimum absolute atomic E-state index is 0.201. The molecule has 0 radical (unpaired) electrons. The van der Waals surface area contributed by atoms with Crippen LogP contribution >= 0.6 is 11.6 Å². The molecule has 1 aromatic rings. The fourth-order valence-corrected chi connectivity index (χ4v) is 2.51. The normalized spacial score (nSPS) is 18.5. The van der Waals surface area contributed by atoms with Gasteiger partial charge in [-0.25, -0.2) is 4.39 Å². The van der Waals surface area contributed by atoms with E-state index in [0.717, 1.165) is 25.9 Å². The molecule has 0 aromatic heterocycles. The largest absolute Gasteiger partial charge is 0.317 e. The van der Waals surface area contributed by atoms with Crippen LogP contribution in [0.15, 0.2) is 18.2 Å². The number of piperidine rings is 1. The quantitative estimate of drug-likeness (QED) is 0.895. The van der Waals surface area contributed by atoms with E-state index in [1.165, 1.54) is 6.07 Å². The summed E-state index contributed by atoms with van der Waals surface area (Å²) in [7, 11) is 1.99. The molecule has 0 atom stereocenters. The van der Waals surface area contributed by atoms with Crippen molar-refractivity contribution in [1.82, 2.24) is 10.2 Å². The highest BCUT2D eigenvalue weighted by atomic mass is 35.5. The SMILES string of the molecule is CNC1CCN(Cc2c(F)cccc2Cl)CC1. The Labute approximate surface area is 107 Å². The number of nitrogens with zero attached hydrogens (tertiary/aromatic N) is 1. The van der Waals surface area contributed by atoms with E-state index in [1.54, 1.807) is 12.1 Å². The summed E-state index contributed by atoms with van der Waals surface area (Å²) in [4.78, 5) is 2.26. The number of hydrogen-bond acceptors (Lipinski definition) is 2. The number of rotatable bonds is 3. The molecule has 94 valence electrons. The fraction of sp³-hybridized carbons (Fsp3) is 0.538. The average molecular weight is 257 g/mol. The molecule has 1 aliphatic heterocycles. The van der Waals surface area contributed by atoms with E-state index in [1.807, 2.05) is 7.05 Å². The average Bonchev–Trinajstić information content (AvgIpc) is 2.35. The molecule has 0 aliphatic carbocycles. The van der Waals surface area contributed by atoms with E-state index in [9.17, 15) is 4.39 Å². The lowest BCUT2D eigenvalue weighted by atomic mass is 10.0. The van der Waals surface area contributed by atoms with E-state index in [-0.39, 0.29) is 5.82 Å². The number of benzene rings is 1. The van der Waals surface area contributed by atoms with Crippen LogP contribution in [-0.4, -0.2) is 31.1 Å². The highest BCUT2D eigenvalue weighted by Crippen LogP contribution is 2.22. The van der Waals surface area contributed by atoms with Gasteiger partial charge in [0.1, 0.15) is 5.82 Å². The number of likely N-dealkylation sites (tertiary alicyclic amines) is 1. The lowest BCUT2D eigenvalue weighted by Crippen LogP contribution is -2.40. The first-order chi connectivity index (χ1) is 8.20. The Kier molecular flexibility index (Phi) is 4.37. The minimum Gasteiger partial charge on any atom is -0.317 e. The number of nitrogens with one attached hydrogen (secondary N) is 1. The molecule has 0 unspecified atom stereocenters. The summed E-state index contributed by atoms with van der Waals surface area (Å²) in [5, 5.41) is 3.81. The maximum absolute atomic E-state index is 13.6. The highest BCUT2D eigenvalue weighted by Gasteiger charge is 2.19. The third kappa shape index (κ3) is 3.18. The second kappa shape index (κ2) is 5.80. The third-order valence-electron chi connectivity index (χ3n) is 3.44. The van der Waals surface area contributed by atoms with E-state index < -0.39 is 0 Å². The van der Waals surface area contributed by atoms with Crippen molar-refractivity contribution < 1.29 is 4.39 Å². The molecule has 17 heavy (non-hydrogen) atoms. The summed E-state index contributed by atoms with van der Waals surface area (Å²) in [6.45, 7) is 2.61. The maximum atomic E-state index is 13.6. The van der Waals surface area contributed by atoms with Crippen molar-refractivity contribution in [2.24, 2.45) is 0 Å². The Hall–Kier alpha value is -0.640. The van der Waals surface area contributed by atoms with Crippen LogP contribution in [-0.2, 0) is 6.54 Å². The van der Waals surface area contributed by atoms with E-state index >= 15 is 0 Å². The highest BCUT2D eigenvalue weighted by molar-refractivity contribution is 6.31. The zero-order chi connectivity index (χ0) is 12.3. The lowest BCUT2D eigenvalue weighted by molar-refractivity contribution is 0.192. The van der Waals surface area contributed by atoms with Gasteiger partial charge in [0.05, 0.1) is 0 Å². The molecule has 1 saturated heterocycles. The zero-order valence-electron chi connectivity index (χ0n) is 10.0. The second-order valence-electron chi connectivity index (χ2n) is 4.54. The fourth-order valence-electron chi connectivity index (χ4n) is 2.29. The first kappa shape index (κ1) is 12.8. The predicted octanol–water partition coefficient (Wildman–Crippen LogP) is 2.66. The van der Waals surface area contributed by atoms with E-state index in [4.69, 9.17) is 11.6 Å². The standard InChI is InChI=1S/C13H18ClFN2/c1-16-10-5-7-17(8-6-10)9-11-12(14)3-2-4-13(11)15/h2-4,10,16H,5-9H2,1H3. The van der Waals surface area contributed by atoms with Crippen LogP contribution in [0, 0.1) is 5.82 Å². The van der Waals surface area contributed by atoms with Gasteiger partial charge in [0.15, 0.2) is 0 Å². The van der Waals surface area contributed by atoms with Crippen LogP contribution in [0.5, 0.6) is 0 Å². The second-order valence-corrected chi connectivity index (χ2v) is 4.95. The van der Waals surface area contributed by atoms with Crippen molar-refractivity contribution in [1.29, 1.82) is 0 Å². The molecule has 1 N–H and O–H groups in total. The molecule has 1 aliphatic rings. The van der Waals surface area contributed by atoms with Crippen molar-refractivity contribution >= 4 is 11.6 Å². The Bertz CT molecular complexity index is 355. The number of hydrogen-bond donors (Lipinski definition) is 1. The smallest absolute Gasteiger partial charge is 0.129 e. The van der Waals surface area contributed by atoms with Crippen molar-refractivity contribution in [3.05, 3.63) is 34.6 Å². The van der Waals surface area contributed by atoms with Gasteiger partial charge in [-0.1, -0.05) is 17.7 Å². The minimum atomic E-state index is -0.201. The molecule has 2 nitrogen and oxygen atoms in total. The maximum Gasteiger partial charge on any atom is 0.129 e. The van der Waals surface area contributed by atoms with E-state index in [0.29, 0.717) is 23.2 Å². The molecule has 4 heteroatoms. The Morgan fingerprint density at radius 2 is 2.12 bits per heavy atom. The van der Waals surface area contributed by atoms with Gasteiger partial charge >= 0.3 is 0 Å². The summed E-state index contributed by atoms with van der Waals surface area (Å²) < 4.78 is 13.6. The van der Waals surface area contributed by atoms with E-state index in [2.05, 4.69) is 10.2 Å². The van der Waals surface area contributed by atoms with Crippen LogP contribution in [0.3, 0.4) is 0 Å². The van der Waals surface area contributed by atoms with Gasteiger partial charge in [0.25, 0.3) is 0 Å². The van der Waals surface area contributed by atoms with Gasteiger partial charge in [-0.15, -0.1) is 0 Å². The molecule has 1 heterocycles. The molecule has 0 spiro atoms. The van der Waals surface area contributed by atoms with Crippen molar-refractivity contribution in [2.45, 2.75) is 25.4 Å². The Balaban J connectivity index is 1.98. The summed E-state index contributed by atoms with van der Waals surface area (Å²) in [6.07, 6.45) is 2.23. The molecule has 0 saturated carbocycles. The van der Waals surface area contributed by atoms with Gasteiger partial charge < -0.3 is 5.32 Å². The van der Waals surface area contributed by atoms with Crippen molar-refractivity contribution in [3.8, 4) is 0 Å². The summed E-state index contributed by atoms with van der Waals surface area (Å²) in [5.74, 6) is -0.201. The molecule has 1 fully saturated rings. The molecule has 2 rings (SSSR count). The summed E-state index contributed by atoms with van der Waals surface area (Å²) in [5.41, 5.74) is 0.622. The van der Waals surface area contributed by atoms with Crippen molar-refractivity contribution in [3.63, 3.8) is 0 Å². The van der Waals surface area contributed by atoms with Crippen LogP contribution < -0.4 is 5.32 Å². The first-order valence-corrected chi connectivity index (χ1v) is 6.41. The summed E-state index contributed by atoms with van der Waals surface area (Å²) >= 11 is 6.03. The van der Waals surface area contributed by atoms with Crippen LogP contribution in [0.4, 0.5) is 4.39 Å². The third-order valence-corrected chi connectivity index (χ3v) is 3.79. The topological polar surface area (TPSA) is 15.3 Å². The predicted molar refractivity (Wildman–Crippen MR) is 68.8 cm³/mol. The zero-order valence-corrected chi connectivity index (χ0v) is 10.8. The molecule has 0 amide bonds. The van der Waals surface area contributed by atoms with Gasteiger partial charge in [-0.05, 0) is 45.1 Å². The van der Waals surface area contributed by atoms with Gasteiger partial charge in [-0.3, -0.25) is 4.90 Å². The van der Waals surface area contributed by atoms with Crippen LogP contribution in [0.2, 0.25) is 5.02 Å². The van der Waals surface area contributed by atoms with Crippen LogP contribution in [0.1, 0.15) is 18.4 Å². The molecular weight excluding hydrogens is 239 g/mol. The van der Waals surface area contributed by atoms with Gasteiger partial charge in [-0.2, -0.15) is 0 Å². The molecule has 1 aromatic carbocycles.